The first kappa shape index (κ1) is 26.0. The van der Waals surface area contributed by atoms with Crippen LogP contribution in [0.25, 0.3) is 0 Å². The lowest BCUT2D eigenvalue weighted by atomic mass is 9.87. The second-order valence-electron chi connectivity index (χ2n) is 8.15. The van der Waals surface area contributed by atoms with Crippen molar-refractivity contribution in [2.75, 3.05) is 13.2 Å². The molecule has 0 spiro atoms. The topological polar surface area (TPSA) is 82.1 Å². The molecule has 2 aliphatic rings. The third-order valence-corrected chi connectivity index (χ3v) is 5.81. The van der Waals surface area contributed by atoms with Crippen LogP contribution in [0.15, 0.2) is 18.2 Å². The maximum atomic E-state index is 13.5. The number of para-hydroxylation sites is 1. The van der Waals surface area contributed by atoms with Gasteiger partial charge in [-0.15, -0.1) is 0 Å². The first-order valence-corrected chi connectivity index (χ1v) is 11.5. The summed E-state index contributed by atoms with van der Waals surface area (Å²) in [5.41, 5.74) is 0. The highest BCUT2D eigenvalue weighted by atomic mass is 19.1. The van der Waals surface area contributed by atoms with E-state index in [1.165, 1.54) is 18.2 Å². The van der Waals surface area contributed by atoms with Gasteiger partial charge in [0.15, 0.2) is 17.4 Å². The van der Waals surface area contributed by atoms with Crippen molar-refractivity contribution in [3.63, 3.8) is 0 Å². The molecule has 0 heterocycles. The van der Waals surface area contributed by atoms with Crippen molar-refractivity contribution >= 4 is 11.9 Å². The quantitative estimate of drug-likeness (QED) is 0.632. The lowest BCUT2D eigenvalue weighted by molar-refractivity contribution is -0.150. The van der Waals surface area contributed by atoms with Crippen molar-refractivity contribution in [3.8, 4) is 5.75 Å². The average molecular weight is 457 g/mol. The van der Waals surface area contributed by atoms with E-state index in [2.05, 4.69) is 0 Å². The maximum absolute atomic E-state index is 13.5. The number of hydrogen-bond donors (Lipinski definition) is 1. The largest absolute Gasteiger partial charge is 0.484 e. The molecular formula is C24H34F2O6. The van der Waals surface area contributed by atoms with Gasteiger partial charge in [0.05, 0.1) is 37.3 Å². The molecule has 2 saturated carbocycles. The summed E-state index contributed by atoms with van der Waals surface area (Å²) in [5, 5.41) is 9.19. The Morgan fingerprint density at radius 1 is 0.844 bits per heavy atom. The van der Waals surface area contributed by atoms with E-state index in [0.29, 0.717) is 38.9 Å². The molecule has 180 valence electrons. The molecule has 0 bridgehead atoms. The number of benzene rings is 1. The Hall–Kier alpha value is -2.22. The van der Waals surface area contributed by atoms with Gasteiger partial charge in [-0.05, 0) is 77.3 Å². The summed E-state index contributed by atoms with van der Waals surface area (Å²) in [6.45, 7) is 4.41. The minimum Gasteiger partial charge on any atom is -0.484 e. The summed E-state index contributed by atoms with van der Waals surface area (Å²) >= 11 is 0. The summed E-state index contributed by atoms with van der Waals surface area (Å²) in [6, 6.07) is 3.64. The average Bonchev–Trinajstić information content (AvgIpc) is 2.78. The minimum absolute atomic E-state index is 0.0355. The Balaban J connectivity index is 0.000000258. The number of carbonyl (C=O) groups is 2. The maximum Gasteiger partial charge on any atom is 0.308 e. The number of carbonyl (C=O) groups excluding carboxylic acids is 2. The van der Waals surface area contributed by atoms with Crippen LogP contribution in [0.3, 0.4) is 0 Å². The first-order valence-electron chi connectivity index (χ1n) is 11.5. The molecule has 0 unspecified atom stereocenters. The van der Waals surface area contributed by atoms with E-state index in [9.17, 15) is 23.5 Å². The van der Waals surface area contributed by atoms with Crippen LogP contribution in [0.2, 0.25) is 0 Å². The number of aliphatic hydroxyl groups excluding tert-OH is 1. The highest BCUT2D eigenvalue weighted by molar-refractivity contribution is 5.72. The van der Waals surface area contributed by atoms with Crippen molar-refractivity contribution in [2.45, 2.75) is 77.4 Å². The van der Waals surface area contributed by atoms with Crippen molar-refractivity contribution in [3.05, 3.63) is 29.8 Å². The predicted molar refractivity (Wildman–Crippen MR) is 114 cm³/mol. The van der Waals surface area contributed by atoms with Crippen LogP contribution in [0.5, 0.6) is 5.75 Å². The molecule has 0 saturated heterocycles. The van der Waals surface area contributed by atoms with Gasteiger partial charge in [-0.3, -0.25) is 9.59 Å². The molecule has 0 aromatic heterocycles. The van der Waals surface area contributed by atoms with Crippen LogP contribution in [0, 0.1) is 23.5 Å². The molecule has 1 aromatic carbocycles. The van der Waals surface area contributed by atoms with Gasteiger partial charge in [0.2, 0.25) is 0 Å². The van der Waals surface area contributed by atoms with E-state index in [4.69, 9.17) is 14.2 Å². The number of hydrogen-bond acceptors (Lipinski definition) is 6. The third-order valence-electron chi connectivity index (χ3n) is 5.81. The molecular weight excluding hydrogens is 422 g/mol. The van der Waals surface area contributed by atoms with Gasteiger partial charge >= 0.3 is 11.9 Å². The number of halogens is 2. The summed E-state index contributed by atoms with van der Waals surface area (Å²) in [5.74, 6) is -2.09. The SMILES string of the molecule is CCOC(=O)C1CCC(O)CC1.CCOC(=O)C1CCC(Oc2c(F)cccc2F)CC1. The molecule has 1 N–H and O–H groups in total. The number of aliphatic hydroxyl groups is 1. The lowest BCUT2D eigenvalue weighted by Gasteiger charge is -2.27. The Labute approximate surface area is 188 Å². The summed E-state index contributed by atoms with van der Waals surface area (Å²) in [7, 11) is 0. The third kappa shape index (κ3) is 8.04. The summed E-state index contributed by atoms with van der Waals surface area (Å²) in [6.07, 6.45) is 5.02. The van der Waals surface area contributed by atoms with Gasteiger partial charge in [-0.25, -0.2) is 8.78 Å². The zero-order valence-electron chi connectivity index (χ0n) is 18.9. The molecule has 2 fully saturated rings. The second kappa shape index (κ2) is 13.4. The number of esters is 2. The normalized spacial score (nSPS) is 25.2. The second-order valence-corrected chi connectivity index (χ2v) is 8.15. The molecule has 32 heavy (non-hydrogen) atoms. The molecule has 0 atom stereocenters. The molecule has 0 aliphatic heterocycles. The zero-order valence-corrected chi connectivity index (χ0v) is 18.9. The molecule has 3 rings (SSSR count). The van der Waals surface area contributed by atoms with Gasteiger partial charge in [0, 0.05) is 0 Å². The molecule has 6 nitrogen and oxygen atoms in total. The van der Waals surface area contributed by atoms with Crippen LogP contribution < -0.4 is 4.74 Å². The molecule has 1 aromatic rings. The highest BCUT2D eigenvalue weighted by Gasteiger charge is 2.29. The van der Waals surface area contributed by atoms with E-state index in [-0.39, 0.29) is 41.7 Å². The Bertz CT molecular complexity index is 705. The lowest BCUT2D eigenvalue weighted by Crippen LogP contribution is -2.29. The molecule has 2 aliphatic carbocycles. The molecule has 0 amide bonds. The van der Waals surface area contributed by atoms with Crippen molar-refractivity contribution in [2.24, 2.45) is 11.8 Å². The highest BCUT2D eigenvalue weighted by Crippen LogP contribution is 2.30. The van der Waals surface area contributed by atoms with E-state index >= 15 is 0 Å². The van der Waals surface area contributed by atoms with Gasteiger partial charge in [0.1, 0.15) is 0 Å². The Kier molecular flexibility index (Phi) is 10.9. The van der Waals surface area contributed by atoms with Gasteiger partial charge in [-0.2, -0.15) is 0 Å². The van der Waals surface area contributed by atoms with Crippen molar-refractivity contribution < 1.29 is 37.7 Å². The van der Waals surface area contributed by atoms with Crippen LogP contribution >= 0.6 is 0 Å². The molecule has 8 heteroatoms. The number of rotatable bonds is 6. The van der Waals surface area contributed by atoms with Crippen LogP contribution in [-0.2, 0) is 19.1 Å². The zero-order chi connectivity index (χ0) is 23.5. The Morgan fingerprint density at radius 3 is 1.72 bits per heavy atom. The van der Waals surface area contributed by atoms with E-state index < -0.39 is 11.6 Å². The molecule has 0 radical (unpaired) electrons. The van der Waals surface area contributed by atoms with Crippen LogP contribution in [0.4, 0.5) is 8.78 Å². The van der Waals surface area contributed by atoms with Gasteiger partial charge in [0.25, 0.3) is 0 Å². The summed E-state index contributed by atoms with van der Waals surface area (Å²) in [4.78, 5) is 22.8. The van der Waals surface area contributed by atoms with E-state index in [1.807, 2.05) is 6.92 Å². The van der Waals surface area contributed by atoms with E-state index in [1.54, 1.807) is 6.92 Å². The summed E-state index contributed by atoms with van der Waals surface area (Å²) < 4.78 is 42.2. The fourth-order valence-electron chi connectivity index (χ4n) is 4.01. The number of ether oxygens (including phenoxy) is 3. The first-order chi connectivity index (χ1) is 15.3. The van der Waals surface area contributed by atoms with Crippen LogP contribution in [0.1, 0.15) is 65.2 Å². The van der Waals surface area contributed by atoms with Gasteiger partial charge < -0.3 is 19.3 Å². The Morgan fingerprint density at radius 2 is 1.28 bits per heavy atom. The van der Waals surface area contributed by atoms with Gasteiger partial charge in [-0.1, -0.05) is 6.07 Å². The van der Waals surface area contributed by atoms with Crippen LogP contribution in [-0.4, -0.2) is 42.5 Å². The minimum atomic E-state index is -0.697. The monoisotopic (exact) mass is 456 g/mol. The smallest absolute Gasteiger partial charge is 0.308 e. The van der Waals surface area contributed by atoms with Crippen molar-refractivity contribution in [1.82, 2.24) is 0 Å². The fourth-order valence-corrected chi connectivity index (χ4v) is 4.01. The fraction of sp³-hybridized carbons (Fsp3) is 0.667. The van der Waals surface area contributed by atoms with Crippen molar-refractivity contribution in [1.29, 1.82) is 0 Å². The predicted octanol–water partition coefficient (Wildman–Crippen LogP) is 4.57. The van der Waals surface area contributed by atoms with E-state index in [0.717, 1.165) is 25.7 Å². The standard InChI is InChI=1S/C15H18F2O3.C9H16O3/c1-2-19-15(18)10-6-8-11(9-7-10)20-14-12(16)4-3-5-13(14)17;1-2-12-9(11)7-3-5-8(10)6-4-7/h3-5,10-11H,2,6-9H2,1H3;7-8,10H,2-6H2,1H3.